The molecule has 0 amide bonds. The van der Waals surface area contributed by atoms with Crippen LogP contribution in [0.3, 0.4) is 0 Å². The highest BCUT2D eigenvalue weighted by atomic mass is 35.5. The monoisotopic (exact) mass is 394 g/mol. The molecule has 0 unspecified atom stereocenters. The van der Waals surface area contributed by atoms with Crippen molar-refractivity contribution in [3.63, 3.8) is 0 Å². The van der Waals surface area contributed by atoms with E-state index in [4.69, 9.17) is 32.4 Å². The van der Waals surface area contributed by atoms with Crippen molar-refractivity contribution in [2.24, 2.45) is 0 Å². The van der Waals surface area contributed by atoms with Gasteiger partial charge in [-0.2, -0.15) is 0 Å². The van der Waals surface area contributed by atoms with Crippen LogP contribution in [-0.4, -0.2) is 10.2 Å². The van der Waals surface area contributed by atoms with E-state index in [2.05, 4.69) is 16.3 Å². The van der Waals surface area contributed by atoms with Gasteiger partial charge in [0.2, 0.25) is 0 Å². The van der Waals surface area contributed by atoms with Gasteiger partial charge in [-0.25, -0.2) is 0 Å². The van der Waals surface area contributed by atoms with Gasteiger partial charge in [0.15, 0.2) is 6.61 Å². The minimum Gasteiger partial charge on any atom is -0.484 e. The number of nitrogens with zero attached hydrogens (tertiary/aromatic N) is 2. The van der Waals surface area contributed by atoms with E-state index in [0.29, 0.717) is 26.9 Å². The summed E-state index contributed by atoms with van der Waals surface area (Å²) in [6, 6.07) is 11.5. The van der Waals surface area contributed by atoms with Crippen molar-refractivity contribution in [1.82, 2.24) is 10.2 Å². The molecule has 0 fully saturated rings. The molecular weight excluding hydrogens is 379 g/mol. The molecule has 3 rings (SSSR count). The molecule has 0 radical (unpaired) electrons. The molecular formula is C18H16Cl2N2O2S. The third-order valence-corrected chi connectivity index (χ3v) is 4.83. The van der Waals surface area contributed by atoms with Gasteiger partial charge in [0.05, 0.1) is 0 Å². The summed E-state index contributed by atoms with van der Waals surface area (Å²) in [6.07, 6.45) is 0. The number of ether oxygens (including phenoxy) is 1. The molecule has 0 spiro atoms. The number of benzene rings is 2. The van der Waals surface area contributed by atoms with Crippen molar-refractivity contribution in [2.45, 2.75) is 31.4 Å². The summed E-state index contributed by atoms with van der Waals surface area (Å²) >= 11 is 13.5. The summed E-state index contributed by atoms with van der Waals surface area (Å²) in [5, 5.41) is 9.74. The first kappa shape index (κ1) is 18.1. The van der Waals surface area contributed by atoms with Crippen molar-refractivity contribution >= 4 is 35.0 Å². The van der Waals surface area contributed by atoms with Crippen LogP contribution >= 0.6 is 35.0 Å². The van der Waals surface area contributed by atoms with Crippen LogP contribution in [0.1, 0.15) is 22.6 Å². The molecule has 0 aliphatic rings. The van der Waals surface area contributed by atoms with E-state index >= 15 is 0 Å². The molecule has 4 nitrogen and oxygen atoms in total. The normalized spacial score (nSPS) is 10.9. The van der Waals surface area contributed by atoms with Crippen molar-refractivity contribution in [3.05, 3.63) is 69.0 Å². The van der Waals surface area contributed by atoms with Gasteiger partial charge < -0.3 is 9.15 Å². The molecule has 0 bridgehead atoms. The maximum atomic E-state index is 6.16. The Hall–Kier alpha value is -1.69. The van der Waals surface area contributed by atoms with Crippen molar-refractivity contribution < 1.29 is 9.15 Å². The zero-order valence-corrected chi connectivity index (χ0v) is 16.1. The molecule has 0 N–H and O–H groups in total. The molecule has 0 saturated carbocycles. The Balaban J connectivity index is 1.57. The number of aromatic nitrogens is 2. The first-order valence-electron chi connectivity index (χ1n) is 7.60. The van der Waals surface area contributed by atoms with E-state index in [1.165, 1.54) is 11.8 Å². The molecule has 1 aromatic heterocycles. The molecule has 7 heteroatoms. The molecule has 0 atom stereocenters. The van der Waals surface area contributed by atoms with Crippen molar-refractivity contribution in [3.8, 4) is 5.75 Å². The second-order valence-corrected chi connectivity index (χ2v) is 7.37. The average molecular weight is 395 g/mol. The zero-order chi connectivity index (χ0) is 17.8. The highest BCUT2D eigenvalue weighted by molar-refractivity contribution is 7.98. The summed E-state index contributed by atoms with van der Waals surface area (Å²) in [6.45, 7) is 4.30. The molecule has 0 saturated heterocycles. The number of aryl methyl sites for hydroxylation is 2. The lowest BCUT2D eigenvalue weighted by molar-refractivity contribution is 0.252. The van der Waals surface area contributed by atoms with Crippen LogP contribution < -0.4 is 4.74 Å². The van der Waals surface area contributed by atoms with Crippen LogP contribution in [0.25, 0.3) is 0 Å². The molecule has 0 aliphatic carbocycles. The van der Waals surface area contributed by atoms with E-state index in [-0.39, 0.29) is 6.61 Å². The largest absolute Gasteiger partial charge is 0.484 e. The lowest BCUT2D eigenvalue weighted by Gasteiger charge is -2.05. The fraction of sp³-hybridized carbons (Fsp3) is 0.222. The Bertz CT molecular complexity index is 863. The summed E-state index contributed by atoms with van der Waals surface area (Å²) in [5.74, 6) is 1.84. The van der Waals surface area contributed by atoms with E-state index in [1.807, 2.05) is 32.0 Å². The van der Waals surface area contributed by atoms with Gasteiger partial charge in [-0.3, -0.25) is 0 Å². The second-order valence-electron chi connectivity index (χ2n) is 5.60. The zero-order valence-electron chi connectivity index (χ0n) is 13.8. The molecule has 2 aromatic carbocycles. The number of hydrogen-bond acceptors (Lipinski definition) is 5. The maximum Gasteiger partial charge on any atom is 0.277 e. The lowest BCUT2D eigenvalue weighted by atomic mass is 10.1. The fourth-order valence-corrected chi connectivity index (χ4v) is 3.63. The van der Waals surface area contributed by atoms with E-state index in [0.717, 1.165) is 22.4 Å². The number of thioether (sulfide) groups is 1. The Morgan fingerprint density at radius 3 is 2.52 bits per heavy atom. The molecule has 25 heavy (non-hydrogen) atoms. The quantitative estimate of drug-likeness (QED) is 0.489. The van der Waals surface area contributed by atoms with Crippen LogP contribution in [0.5, 0.6) is 5.75 Å². The fourth-order valence-electron chi connectivity index (χ4n) is 2.29. The van der Waals surface area contributed by atoms with Crippen LogP contribution in [0.4, 0.5) is 0 Å². The molecule has 1 heterocycles. The lowest BCUT2D eigenvalue weighted by Crippen LogP contribution is -1.96. The smallest absolute Gasteiger partial charge is 0.277 e. The summed E-state index contributed by atoms with van der Waals surface area (Å²) in [5.41, 5.74) is 3.26. The van der Waals surface area contributed by atoms with Crippen LogP contribution in [0.2, 0.25) is 10.0 Å². The number of halogens is 2. The molecule has 130 valence electrons. The number of hydrogen-bond donors (Lipinski definition) is 0. The van der Waals surface area contributed by atoms with Gasteiger partial charge in [-0.1, -0.05) is 47.1 Å². The Kier molecular flexibility index (Phi) is 5.89. The van der Waals surface area contributed by atoms with Crippen LogP contribution in [0, 0.1) is 13.8 Å². The Labute approximate surface area is 160 Å². The Morgan fingerprint density at radius 1 is 1.04 bits per heavy atom. The van der Waals surface area contributed by atoms with Gasteiger partial charge in [0.25, 0.3) is 11.1 Å². The standard InChI is InChI=1S/C18H16Cl2N2O2S/c1-11-5-12(2)7-15(6-11)23-9-17-21-22-18(24-17)25-10-13-3-4-14(19)8-16(13)20/h3-8H,9-10H2,1-2H3. The van der Waals surface area contributed by atoms with E-state index in [9.17, 15) is 0 Å². The Morgan fingerprint density at radius 2 is 1.80 bits per heavy atom. The third-order valence-electron chi connectivity index (χ3n) is 3.37. The first-order chi connectivity index (χ1) is 12.0. The predicted octanol–water partition coefficient (Wildman–Crippen LogP) is 5.86. The van der Waals surface area contributed by atoms with Gasteiger partial charge in [-0.15, -0.1) is 10.2 Å². The van der Waals surface area contributed by atoms with E-state index in [1.54, 1.807) is 12.1 Å². The first-order valence-corrected chi connectivity index (χ1v) is 9.34. The average Bonchev–Trinajstić information content (AvgIpc) is 2.99. The van der Waals surface area contributed by atoms with Crippen LogP contribution in [-0.2, 0) is 12.4 Å². The molecule has 3 aromatic rings. The summed E-state index contributed by atoms with van der Waals surface area (Å²) < 4.78 is 11.3. The van der Waals surface area contributed by atoms with Gasteiger partial charge in [0.1, 0.15) is 5.75 Å². The second kappa shape index (κ2) is 8.13. The maximum absolute atomic E-state index is 6.16. The third kappa shape index (κ3) is 5.14. The predicted molar refractivity (Wildman–Crippen MR) is 101 cm³/mol. The van der Waals surface area contributed by atoms with Gasteiger partial charge >= 0.3 is 0 Å². The van der Waals surface area contributed by atoms with Gasteiger partial charge in [-0.05, 0) is 54.8 Å². The number of rotatable bonds is 6. The SMILES string of the molecule is Cc1cc(C)cc(OCc2nnc(SCc3ccc(Cl)cc3Cl)o2)c1. The topological polar surface area (TPSA) is 48.2 Å². The highest BCUT2D eigenvalue weighted by Crippen LogP contribution is 2.28. The minimum atomic E-state index is 0.234. The van der Waals surface area contributed by atoms with Crippen molar-refractivity contribution in [1.29, 1.82) is 0 Å². The summed E-state index contributed by atoms with van der Waals surface area (Å²) in [7, 11) is 0. The van der Waals surface area contributed by atoms with Crippen LogP contribution in [0.15, 0.2) is 46.0 Å². The van der Waals surface area contributed by atoms with E-state index < -0.39 is 0 Å². The van der Waals surface area contributed by atoms with Gasteiger partial charge in [0, 0.05) is 15.8 Å². The van der Waals surface area contributed by atoms with Crippen molar-refractivity contribution in [2.75, 3.05) is 0 Å². The summed E-state index contributed by atoms with van der Waals surface area (Å²) in [4.78, 5) is 0. The molecule has 0 aliphatic heterocycles. The highest BCUT2D eigenvalue weighted by Gasteiger charge is 2.10. The minimum absolute atomic E-state index is 0.234.